The molecule has 0 heterocycles. The van der Waals surface area contributed by atoms with Crippen LogP contribution in [0.4, 0.5) is 5.69 Å². The second-order valence-electron chi connectivity index (χ2n) is 3.64. The standard InChI is InChI=1S/C12H16N4O2/c1-9(10(2)16-18)14-15-12(17)8-13-11-6-4-3-5-7-11/h3-7,13,18H,8H2,1-2H3,(H,15,17)/b14-9+,16-10+. The van der Waals surface area contributed by atoms with Gasteiger partial charge in [0, 0.05) is 5.69 Å². The van der Waals surface area contributed by atoms with Crippen molar-refractivity contribution >= 4 is 23.0 Å². The molecule has 6 nitrogen and oxygen atoms in total. The third kappa shape index (κ3) is 4.65. The molecule has 1 aromatic carbocycles. The first-order chi connectivity index (χ1) is 8.63. The maximum atomic E-state index is 11.4. The number of hydrazone groups is 1. The molecular weight excluding hydrogens is 232 g/mol. The number of amides is 1. The van der Waals surface area contributed by atoms with Crippen LogP contribution in [0.25, 0.3) is 0 Å². The number of benzene rings is 1. The number of hydrogen-bond acceptors (Lipinski definition) is 5. The lowest BCUT2D eigenvalue weighted by Gasteiger charge is -2.05. The first kappa shape index (κ1) is 13.7. The monoisotopic (exact) mass is 248 g/mol. The average Bonchev–Trinajstić information content (AvgIpc) is 2.42. The summed E-state index contributed by atoms with van der Waals surface area (Å²) in [5.74, 6) is -0.274. The van der Waals surface area contributed by atoms with Crippen LogP contribution < -0.4 is 10.7 Å². The molecule has 96 valence electrons. The lowest BCUT2D eigenvalue weighted by molar-refractivity contribution is -0.119. The molecule has 0 aliphatic carbocycles. The smallest absolute Gasteiger partial charge is 0.259 e. The summed E-state index contributed by atoms with van der Waals surface area (Å²) in [6.07, 6.45) is 0. The molecule has 1 amide bonds. The lowest BCUT2D eigenvalue weighted by atomic mass is 10.3. The molecule has 0 bridgehead atoms. The van der Waals surface area contributed by atoms with E-state index in [1.807, 2.05) is 30.3 Å². The van der Waals surface area contributed by atoms with E-state index in [1.54, 1.807) is 13.8 Å². The summed E-state index contributed by atoms with van der Waals surface area (Å²) in [4.78, 5) is 11.4. The van der Waals surface area contributed by atoms with Crippen LogP contribution >= 0.6 is 0 Å². The Labute approximate surface area is 105 Å². The summed E-state index contributed by atoms with van der Waals surface area (Å²) in [5, 5.41) is 18.2. The van der Waals surface area contributed by atoms with E-state index in [0.29, 0.717) is 11.4 Å². The van der Waals surface area contributed by atoms with Gasteiger partial charge in [-0.15, -0.1) is 0 Å². The predicted molar refractivity (Wildman–Crippen MR) is 71.1 cm³/mol. The van der Waals surface area contributed by atoms with Gasteiger partial charge in [0.1, 0.15) is 0 Å². The molecule has 0 unspecified atom stereocenters. The SMILES string of the molecule is CC(=N\O)/C(C)=N/NC(=O)CNc1ccccc1. The van der Waals surface area contributed by atoms with Gasteiger partial charge in [-0.1, -0.05) is 23.4 Å². The third-order valence-corrected chi connectivity index (χ3v) is 2.25. The Morgan fingerprint density at radius 1 is 1.22 bits per heavy atom. The lowest BCUT2D eigenvalue weighted by Crippen LogP contribution is -2.27. The molecule has 0 saturated heterocycles. The fourth-order valence-electron chi connectivity index (χ4n) is 1.08. The first-order valence-electron chi connectivity index (χ1n) is 5.44. The Balaban J connectivity index is 2.39. The Hall–Kier alpha value is -2.37. The number of carbonyl (C=O) groups is 1. The quantitative estimate of drug-likeness (QED) is 0.418. The van der Waals surface area contributed by atoms with Gasteiger partial charge in [0.2, 0.25) is 0 Å². The van der Waals surface area contributed by atoms with Crippen LogP contribution in [-0.4, -0.2) is 29.1 Å². The number of anilines is 1. The summed E-state index contributed by atoms with van der Waals surface area (Å²) in [5.41, 5.74) is 4.03. The van der Waals surface area contributed by atoms with Gasteiger partial charge in [0.15, 0.2) is 0 Å². The fourth-order valence-corrected chi connectivity index (χ4v) is 1.08. The molecule has 3 N–H and O–H groups in total. The van der Waals surface area contributed by atoms with Crippen molar-refractivity contribution in [1.29, 1.82) is 0 Å². The third-order valence-electron chi connectivity index (χ3n) is 2.25. The van der Waals surface area contributed by atoms with Gasteiger partial charge in [0.25, 0.3) is 5.91 Å². The zero-order chi connectivity index (χ0) is 13.4. The van der Waals surface area contributed by atoms with E-state index in [1.165, 1.54) is 0 Å². The molecule has 0 fully saturated rings. The Morgan fingerprint density at radius 2 is 1.89 bits per heavy atom. The Kier molecular flexibility index (Phi) is 5.37. The van der Waals surface area contributed by atoms with Gasteiger partial charge in [-0.2, -0.15) is 5.10 Å². The van der Waals surface area contributed by atoms with Crippen LogP contribution in [0, 0.1) is 0 Å². The number of nitrogens with zero attached hydrogens (tertiary/aromatic N) is 2. The Morgan fingerprint density at radius 3 is 2.50 bits per heavy atom. The number of para-hydroxylation sites is 1. The van der Waals surface area contributed by atoms with Gasteiger partial charge in [-0.05, 0) is 26.0 Å². The molecule has 1 rings (SSSR count). The summed E-state index contributed by atoms with van der Waals surface area (Å²) >= 11 is 0. The van der Waals surface area contributed by atoms with Crippen molar-refractivity contribution in [3.8, 4) is 0 Å². The molecule has 1 aromatic rings. The maximum Gasteiger partial charge on any atom is 0.259 e. The highest BCUT2D eigenvalue weighted by Crippen LogP contribution is 2.03. The van der Waals surface area contributed by atoms with E-state index in [4.69, 9.17) is 5.21 Å². The van der Waals surface area contributed by atoms with E-state index < -0.39 is 0 Å². The van der Waals surface area contributed by atoms with Gasteiger partial charge in [-0.3, -0.25) is 4.79 Å². The minimum atomic E-state index is -0.274. The van der Waals surface area contributed by atoms with Gasteiger partial charge < -0.3 is 10.5 Å². The van der Waals surface area contributed by atoms with Crippen molar-refractivity contribution in [2.75, 3.05) is 11.9 Å². The van der Waals surface area contributed by atoms with Crippen molar-refractivity contribution in [3.63, 3.8) is 0 Å². The van der Waals surface area contributed by atoms with Crippen LogP contribution in [0.3, 0.4) is 0 Å². The molecule has 0 saturated carbocycles. The van der Waals surface area contributed by atoms with Crippen LogP contribution in [0.15, 0.2) is 40.6 Å². The highest BCUT2D eigenvalue weighted by molar-refractivity contribution is 6.40. The molecule has 18 heavy (non-hydrogen) atoms. The van der Waals surface area contributed by atoms with Crippen molar-refractivity contribution in [2.24, 2.45) is 10.3 Å². The number of carbonyl (C=O) groups excluding carboxylic acids is 1. The maximum absolute atomic E-state index is 11.4. The second-order valence-corrected chi connectivity index (χ2v) is 3.64. The highest BCUT2D eigenvalue weighted by atomic mass is 16.4. The number of nitrogens with one attached hydrogen (secondary N) is 2. The first-order valence-corrected chi connectivity index (χ1v) is 5.44. The van der Waals surface area contributed by atoms with Crippen LogP contribution in [0.1, 0.15) is 13.8 Å². The van der Waals surface area contributed by atoms with Crippen molar-refractivity contribution < 1.29 is 10.0 Å². The van der Waals surface area contributed by atoms with E-state index in [0.717, 1.165) is 5.69 Å². The summed E-state index contributed by atoms with van der Waals surface area (Å²) in [7, 11) is 0. The zero-order valence-electron chi connectivity index (χ0n) is 10.3. The fraction of sp³-hybridized carbons (Fsp3) is 0.250. The number of oxime groups is 1. The zero-order valence-corrected chi connectivity index (χ0v) is 10.3. The van der Waals surface area contributed by atoms with Gasteiger partial charge >= 0.3 is 0 Å². The second kappa shape index (κ2) is 7.05. The summed E-state index contributed by atoms with van der Waals surface area (Å²) in [6, 6.07) is 9.39. The number of hydrogen-bond donors (Lipinski definition) is 3. The molecule has 0 atom stereocenters. The normalized spacial score (nSPS) is 12.1. The van der Waals surface area contributed by atoms with Crippen molar-refractivity contribution in [3.05, 3.63) is 30.3 Å². The van der Waals surface area contributed by atoms with Crippen LogP contribution in [0.2, 0.25) is 0 Å². The van der Waals surface area contributed by atoms with Crippen molar-refractivity contribution in [2.45, 2.75) is 13.8 Å². The predicted octanol–water partition coefficient (Wildman–Crippen LogP) is 1.44. The summed E-state index contributed by atoms with van der Waals surface area (Å²) < 4.78 is 0. The molecule has 6 heteroatoms. The minimum absolute atomic E-state index is 0.121. The largest absolute Gasteiger partial charge is 0.411 e. The highest BCUT2D eigenvalue weighted by Gasteiger charge is 2.01. The number of rotatable bonds is 5. The van der Waals surface area contributed by atoms with E-state index in [-0.39, 0.29) is 12.5 Å². The molecule has 0 spiro atoms. The Bertz CT molecular complexity index is 454. The molecule has 0 aliphatic heterocycles. The van der Waals surface area contributed by atoms with E-state index in [9.17, 15) is 4.79 Å². The van der Waals surface area contributed by atoms with Crippen LogP contribution in [-0.2, 0) is 4.79 Å². The van der Waals surface area contributed by atoms with Gasteiger partial charge in [0.05, 0.1) is 18.0 Å². The minimum Gasteiger partial charge on any atom is -0.411 e. The summed E-state index contributed by atoms with van der Waals surface area (Å²) in [6.45, 7) is 3.35. The topological polar surface area (TPSA) is 86.1 Å². The molecule has 0 radical (unpaired) electrons. The van der Waals surface area contributed by atoms with Crippen molar-refractivity contribution in [1.82, 2.24) is 5.43 Å². The molecular formula is C12H16N4O2. The molecule has 0 aromatic heterocycles. The molecule has 0 aliphatic rings. The van der Waals surface area contributed by atoms with Gasteiger partial charge in [-0.25, -0.2) is 5.43 Å². The van der Waals surface area contributed by atoms with E-state index in [2.05, 4.69) is 21.0 Å². The van der Waals surface area contributed by atoms with E-state index >= 15 is 0 Å². The van der Waals surface area contributed by atoms with Crippen LogP contribution in [0.5, 0.6) is 0 Å². The average molecular weight is 248 g/mol.